The summed E-state index contributed by atoms with van der Waals surface area (Å²) >= 11 is 1.77. The van der Waals surface area contributed by atoms with E-state index in [0.717, 1.165) is 43.6 Å². The van der Waals surface area contributed by atoms with Gasteiger partial charge in [0.2, 0.25) is 0 Å². The summed E-state index contributed by atoms with van der Waals surface area (Å²) in [5, 5.41) is 9.18. The highest BCUT2D eigenvalue weighted by atomic mass is 32.1. The van der Waals surface area contributed by atoms with Crippen molar-refractivity contribution < 1.29 is 4.74 Å². The van der Waals surface area contributed by atoms with Gasteiger partial charge < -0.3 is 9.64 Å². The van der Waals surface area contributed by atoms with Gasteiger partial charge >= 0.3 is 0 Å². The van der Waals surface area contributed by atoms with Gasteiger partial charge in [-0.1, -0.05) is 0 Å². The quantitative estimate of drug-likeness (QED) is 0.834. The van der Waals surface area contributed by atoms with Gasteiger partial charge in [0, 0.05) is 50.5 Å². The fraction of sp³-hybridized carbons (Fsp3) is 0.533. The highest BCUT2D eigenvalue weighted by Gasteiger charge is 2.22. The van der Waals surface area contributed by atoms with Gasteiger partial charge in [-0.15, -0.1) is 16.4 Å². The third-order valence-corrected chi connectivity index (χ3v) is 4.60. The number of thiazole rings is 1. The van der Waals surface area contributed by atoms with Gasteiger partial charge in [-0.3, -0.25) is 4.90 Å². The molecule has 118 valence electrons. The number of anilines is 1. The average molecular weight is 319 g/mol. The van der Waals surface area contributed by atoms with Crippen molar-refractivity contribution in [2.75, 3.05) is 38.2 Å². The van der Waals surface area contributed by atoms with Gasteiger partial charge in [-0.05, 0) is 19.1 Å². The molecule has 22 heavy (non-hydrogen) atoms. The molecule has 2 aromatic rings. The van der Waals surface area contributed by atoms with Crippen LogP contribution in [0, 0.1) is 6.92 Å². The molecule has 0 aliphatic carbocycles. The third kappa shape index (κ3) is 4.00. The highest BCUT2D eigenvalue weighted by molar-refractivity contribution is 7.11. The summed E-state index contributed by atoms with van der Waals surface area (Å²) in [6.07, 6.45) is 3.86. The van der Waals surface area contributed by atoms with Crippen LogP contribution >= 0.6 is 11.3 Å². The molecular weight excluding hydrogens is 298 g/mol. The molecule has 0 saturated carbocycles. The normalized spacial score (nSPS) is 19.3. The molecule has 2 aromatic heterocycles. The monoisotopic (exact) mass is 319 g/mol. The second kappa shape index (κ2) is 7.13. The predicted molar refractivity (Wildman–Crippen MR) is 87.2 cm³/mol. The van der Waals surface area contributed by atoms with Crippen LogP contribution in [0.4, 0.5) is 5.82 Å². The Balaban J connectivity index is 1.54. The molecule has 0 amide bonds. The lowest BCUT2D eigenvalue weighted by molar-refractivity contribution is -0.0262. The Bertz CT molecular complexity index is 591. The second-order valence-corrected chi connectivity index (χ2v) is 6.86. The zero-order valence-electron chi connectivity index (χ0n) is 13.0. The molecule has 1 aliphatic heterocycles. The van der Waals surface area contributed by atoms with Crippen molar-refractivity contribution in [3.05, 3.63) is 34.4 Å². The number of morpholine rings is 1. The van der Waals surface area contributed by atoms with Gasteiger partial charge in [0.1, 0.15) is 0 Å². The van der Waals surface area contributed by atoms with E-state index in [1.165, 1.54) is 4.88 Å². The molecule has 3 heterocycles. The van der Waals surface area contributed by atoms with Crippen molar-refractivity contribution >= 4 is 17.2 Å². The Morgan fingerprint density at radius 2 is 2.41 bits per heavy atom. The molecule has 0 N–H and O–H groups in total. The molecular formula is C15H21N5OS. The van der Waals surface area contributed by atoms with E-state index < -0.39 is 0 Å². The van der Waals surface area contributed by atoms with Crippen molar-refractivity contribution in [1.29, 1.82) is 0 Å². The Morgan fingerprint density at radius 3 is 3.14 bits per heavy atom. The number of hydrogen-bond acceptors (Lipinski definition) is 7. The highest BCUT2D eigenvalue weighted by Crippen LogP contribution is 2.17. The van der Waals surface area contributed by atoms with Crippen molar-refractivity contribution in [2.45, 2.75) is 19.6 Å². The third-order valence-electron chi connectivity index (χ3n) is 3.70. The van der Waals surface area contributed by atoms with E-state index in [1.54, 1.807) is 17.5 Å². The summed E-state index contributed by atoms with van der Waals surface area (Å²) in [5.41, 5.74) is 0. The van der Waals surface area contributed by atoms with E-state index >= 15 is 0 Å². The Kier molecular flexibility index (Phi) is 4.97. The summed E-state index contributed by atoms with van der Waals surface area (Å²) in [6.45, 7) is 6.50. The number of rotatable bonds is 5. The predicted octanol–water partition coefficient (Wildman–Crippen LogP) is 1.58. The van der Waals surface area contributed by atoms with Gasteiger partial charge in [-0.2, -0.15) is 5.10 Å². The summed E-state index contributed by atoms with van der Waals surface area (Å²) in [7, 11) is 2.03. The maximum absolute atomic E-state index is 5.90. The van der Waals surface area contributed by atoms with Gasteiger partial charge in [-0.25, -0.2) is 4.98 Å². The molecule has 0 spiro atoms. The van der Waals surface area contributed by atoms with E-state index in [1.807, 2.05) is 32.3 Å². The molecule has 0 unspecified atom stereocenters. The molecule has 0 aromatic carbocycles. The molecule has 0 radical (unpaired) electrons. The lowest BCUT2D eigenvalue weighted by atomic mass is 10.2. The van der Waals surface area contributed by atoms with Crippen LogP contribution in [0.15, 0.2) is 24.5 Å². The van der Waals surface area contributed by atoms with Crippen molar-refractivity contribution in [2.24, 2.45) is 0 Å². The lowest BCUT2D eigenvalue weighted by Gasteiger charge is -2.34. The number of nitrogens with zero attached hydrogens (tertiary/aromatic N) is 5. The first-order chi connectivity index (χ1) is 10.7. The molecule has 1 atom stereocenters. The largest absolute Gasteiger partial charge is 0.374 e. The average Bonchev–Trinajstić information content (AvgIpc) is 2.93. The van der Waals surface area contributed by atoms with Crippen LogP contribution in [0.2, 0.25) is 0 Å². The molecule has 6 nitrogen and oxygen atoms in total. The second-order valence-electron chi connectivity index (χ2n) is 5.54. The maximum atomic E-state index is 5.90. The molecule has 0 bridgehead atoms. The summed E-state index contributed by atoms with van der Waals surface area (Å²) in [4.78, 5) is 10.2. The number of likely N-dealkylation sites (N-methyl/N-ethyl adjacent to an activating group) is 1. The first-order valence-corrected chi connectivity index (χ1v) is 8.26. The summed E-state index contributed by atoms with van der Waals surface area (Å²) in [5.74, 6) is 0.876. The first kappa shape index (κ1) is 15.3. The van der Waals surface area contributed by atoms with E-state index in [4.69, 9.17) is 4.74 Å². The molecule has 3 rings (SSSR count). The zero-order valence-corrected chi connectivity index (χ0v) is 13.8. The van der Waals surface area contributed by atoms with Crippen LogP contribution in [-0.4, -0.2) is 59.5 Å². The molecule has 1 fully saturated rings. The van der Waals surface area contributed by atoms with Crippen molar-refractivity contribution in [3.8, 4) is 0 Å². The smallest absolute Gasteiger partial charge is 0.151 e. The maximum Gasteiger partial charge on any atom is 0.151 e. The minimum absolute atomic E-state index is 0.190. The van der Waals surface area contributed by atoms with Gasteiger partial charge in [0.25, 0.3) is 0 Å². The fourth-order valence-corrected chi connectivity index (χ4v) is 3.47. The number of aromatic nitrogens is 3. The Labute approximate surface area is 134 Å². The summed E-state index contributed by atoms with van der Waals surface area (Å²) < 4.78 is 5.90. The van der Waals surface area contributed by atoms with Crippen LogP contribution in [-0.2, 0) is 11.3 Å². The SMILES string of the molecule is Cc1ncc(CN2CCO[C@H](CN(C)c3cccnn3)C2)s1. The lowest BCUT2D eigenvalue weighted by Crippen LogP contribution is -2.46. The number of aryl methyl sites for hydroxylation is 1. The van der Waals surface area contributed by atoms with E-state index in [-0.39, 0.29) is 6.10 Å². The molecule has 1 saturated heterocycles. The molecule has 7 heteroatoms. The number of ether oxygens (including phenoxy) is 1. The van der Waals surface area contributed by atoms with Crippen LogP contribution in [0.25, 0.3) is 0 Å². The minimum Gasteiger partial charge on any atom is -0.374 e. The van der Waals surface area contributed by atoms with E-state index in [0.29, 0.717) is 0 Å². The van der Waals surface area contributed by atoms with Gasteiger partial charge in [0.15, 0.2) is 5.82 Å². The van der Waals surface area contributed by atoms with Crippen molar-refractivity contribution in [3.63, 3.8) is 0 Å². The van der Waals surface area contributed by atoms with Crippen LogP contribution in [0.1, 0.15) is 9.88 Å². The van der Waals surface area contributed by atoms with Crippen LogP contribution < -0.4 is 4.90 Å². The minimum atomic E-state index is 0.190. The topological polar surface area (TPSA) is 54.4 Å². The zero-order chi connectivity index (χ0) is 15.4. The van der Waals surface area contributed by atoms with Crippen molar-refractivity contribution in [1.82, 2.24) is 20.1 Å². The number of hydrogen-bond donors (Lipinski definition) is 0. The van der Waals surface area contributed by atoms with Crippen LogP contribution in [0.3, 0.4) is 0 Å². The Morgan fingerprint density at radius 1 is 1.50 bits per heavy atom. The molecule has 1 aliphatic rings. The standard InChI is InChI=1S/C15H21N5OS/c1-12-16-8-14(22-12)11-20-6-7-21-13(10-20)9-19(2)15-4-3-5-17-18-15/h3-5,8,13H,6-7,9-11H2,1-2H3/t13-/m1/s1. The fourth-order valence-electron chi connectivity index (χ4n) is 2.63. The van der Waals surface area contributed by atoms with Crippen LogP contribution in [0.5, 0.6) is 0 Å². The Hall–Kier alpha value is -1.57. The summed E-state index contributed by atoms with van der Waals surface area (Å²) in [6, 6.07) is 3.87. The first-order valence-electron chi connectivity index (χ1n) is 7.45. The van der Waals surface area contributed by atoms with E-state index in [2.05, 4.69) is 25.0 Å². The van der Waals surface area contributed by atoms with Gasteiger partial charge in [0.05, 0.1) is 17.7 Å². The van der Waals surface area contributed by atoms with E-state index in [9.17, 15) is 0 Å².